The van der Waals surface area contributed by atoms with E-state index in [1.165, 1.54) is 24.3 Å². The van der Waals surface area contributed by atoms with Gasteiger partial charge in [0.1, 0.15) is 6.26 Å². The van der Waals surface area contributed by atoms with Crippen molar-refractivity contribution in [3.63, 3.8) is 0 Å². The molecule has 0 aliphatic rings. The van der Waals surface area contributed by atoms with Crippen molar-refractivity contribution in [2.45, 2.75) is 6.54 Å². The van der Waals surface area contributed by atoms with E-state index in [4.69, 9.17) is 37.1 Å². The molecule has 2 aromatic rings. The summed E-state index contributed by atoms with van der Waals surface area (Å²) in [4.78, 5) is 30.5. The fraction of sp³-hybridized carbons (Fsp3) is 0.389. The van der Waals surface area contributed by atoms with Crippen molar-refractivity contribution in [3.8, 4) is 0 Å². The van der Waals surface area contributed by atoms with E-state index in [-0.39, 0.29) is 41.5 Å². The topological polar surface area (TPSA) is 93.9 Å². The summed E-state index contributed by atoms with van der Waals surface area (Å²) in [5.74, 6) is -0.503. The number of nitrogens with one attached hydrogen (secondary N) is 1. The van der Waals surface area contributed by atoms with Crippen molar-refractivity contribution in [2.75, 3.05) is 40.5 Å². The fourth-order valence-corrected chi connectivity index (χ4v) is 2.78. The molecular weight excluding hydrogens is 409 g/mol. The van der Waals surface area contributed by atoms with Gasteiger partial charge in [0, 0.05) is 32.3 Å². The predicted octanol–water partition coefficient (Wildman–Crippen LogP) is 2.65. The van der Waals surface area contributed by atoms with E-state index >= 15 is 0 Å². The number of methoxy groups -OCH3 is 2. The highest BCUT2D eigenvalue weighted by Gasteiger charge is 2.21. The lowest BCUT2D eigenvalue weighted by molar-refractivity contribution is 0.0663. The maximum atomic E-state index is 12.9. The van der Waals surface area contributed by atoms with Crippen LogP contribution in [0.25, 0.3) is 0 Å². The third kappa shape index (κ3) is 6.20. The standard InChI is InChI=1S/C18H21Cl2N3O5/c1-26-7-5-21-17(24)15-11-28-16(22-15)10-23(6-8-27-2)18(25)13-4-3-12(19)9-14(13)20/h3-4,9,11H,5-8,10H2,1-2H3,(H,21,24). The third-order valence-electron chi connectivity index (χ3n) is 3.72. The lowest BCUT2D eigenvalue weighted by atomic mass is 10.2. The Kier molecular flexibility index (Phi) is 8.72. The summed E-state index contributed by atoms with van der Waals surface area (Å²) in [7, 11) is 3.07. The molecule has 0 saturated heterocycles. The van der Waals surface area contributed by atoms with Gasteiger partial charge in [-0.05, 0) is 18.2 Å². The molecule has 2 rings (SSSR count). The van der Waals surface area contributed by atoms with Crippen LogP contribution in [0.5, 0.6) is 0 Å². The van der Waals surface area contributed by atoms with Crippen LogP contribution in [0.1, 0.15) is 26.7 Å². The summed E-state index contributed by atoms with van der Waals surface area (Å²) in [6.45, 7) is 1.38. The summed E-state index contributed by atoms with van der Waals surface area (Å²) >= 11 is 12.0. The largest absolute Gasteiger partial charge is 0.446 e. The van der Waals surface area contributed by atoms with Crippen LogP contribution >= 0.6 is 23.2 Å². The molecular formula is C18H21Cl2N3O5. The molecule has 0 aliphatic heterocycles. The van der Waals surface area contributed by atoms with Crippen LogP contribution in [0.2, 0.25) is 10.0 Å². The van der Waals surface area contributed by atoms with Crippen molar-refractivity contribution < 1.29 is 23.5 Å². The number of carbonyl (C=O) groups excluding carboxylic acids is 2. The van der Waals surface area contributed by atoms with Gasteiger partial charge < -0.3 is 24.1 Å². The highest BCUT2D eigenvalue weighted by molar-refractivity contribution is 6.36. The molecule has 8 nitrogen and oxygen atoms in total. The lowest BCUT2D eigenvalue weighted by Crippen LogP contribution is -2.34. The van der Waals surface area contributed by atoms with Crippen LogP contribution in [0.4, 0.5) is 0 Å². The van der Waals surface area contributed by atoms with Crippen LogP contribution in [-0.2, 0) is 16.0 Å². The number of amides is 2. The molecule has 0 bridgehead atoms. The van der Waals surface area contributed by atoms with Crippen LogP contribution in [-0.4, -0.2) is 62.2 Å². The van der Waals surface area contributed by atoms with E-state index in [2.05, 4.69) is 10.3 Å². The second kappa shape index (κ2) is 11.0. The minimum atomic E-state index is -0.387. The maximum absolute atomic E-state index is 12.9. The zero-order valence-electron chi connectivity index (χ0n) is 15.5. The van der Waals surface area contributed by atoms with Gasteiger partial charge in [-0.1, -0.05) is 23.2 Å². The van der Waals surface area contributed by atoms with E-state index in [0.29, 0.717) is 30.3 Å². The fourth-order valence-electron chi connectivity index (χ4n) is 2.30. The molecule has 2 amide bonds. The first kappa shape index (κ1) is 22.2. The number of ether oxygens (including phenoxy) is 2. The molecule has 1 N–H and O–H groups in total. The summed E-state index contributed by atoms with van der Waals surface area (Å²) < 4.78 is 15.3. The Labute approximate surface area is 172 Å². The average molecular weight is 430 g/mol. The molecule has 0 unspecified atom stereocenters. The lowest BCUT2D eigenvalue weighted by Gasteiger charge is -2.21. The van der Waals surface area contributed by atoms with Crippen molar-refractivity contribution >= 4 is 35.0 Å². The van der Waals surface area contributed by atoms with Gasteiger partial charge in [0.2, 0.25) is 5.89 Å². The summed E-state index contributed by atoms with van der Waals surface area (Å²) in [6.07, 6.45) is 1.24. The number of nitrogens with zero attached hydrogens (tertiary/aromatic N) is 2. The molecule has 0 aliphatic carbocycles. The Morgan fingerprint density at radius 3 is 2.64 bits per heavy atom. The van der Waals surface area contributed by atoms with Gasteiger partial charge in [0.05, 0.1) is 30.3 Å². The van der Waals surface area contributed by atoms with Gasteiger partial charge in [0.15, 0.2) is 5.69 Å². The normalized spacial score (nSPS) is 10.7. The Morgan fingerprint density at radius 1 is 1.21 bits per heavy atom. The second-order valence-corrected chi connectivity index (χ2v) is 6.56. The first-order valence-corrected chi connectivity index (χ1v) is 9.16. The molecule has 0 radical (unpaired) electrons. The van der Waals surface area contributed by atoms with Gasteiger partial charge in [-0.3, -0.25) is 9.59 Å². The highest BCUT2D eigenvalue weighted by atomic mass is 35.5. The van der Waals surface area contributed by atoms with Gasteiger partial charge in [-0.25, -0.2) is 4.98 Å². The van der Waals surface area contributed by atoms with Gasteiger partial charge in [0.25, 0.3) is 11.8 Å². The number of benzene rings is 1. The average Bonchev–Trinajstić information content (AvgIpc) is 3.13. The molecule has 28 heavy (non-hydrogen) atoms. The zero-order chi connectivity index (χ0) is 20.5. The number of rotatable bonds is 10. The molecule has 0 atom stereocenters. The van der Waals surface area contributed by atoms with Gasteiger partial charge in [-0.2, -0.15) is 0 Å². The SMILES string of the molecule is COCCNC(=O)c1coc(CN(CCOC)C(=O)c2ccc(Cl)cc2Cl)n1. The molecule has 1 heterocycles. The van der Waals surface area contributed by atoms with Crippen LogP contribution < -0.4 is 5.32 Å². The van der Waals surface area contributed by atoms with Crippen LogP contribution in [0.15, 0.2) is 28.9 Å². The van der Waals surface area contributed by atoms with Gasteiger partial charge in [-0.15, -0.1) is 0 Å². The minimum absolute atomic E-state index is 0.0481. The number of halogens is 2. The van der Waals surface area contributed by atoms with E-state index in [1.807, 2.05) is 0 Å². The first-order chi connectivity index (χ1) is 13.5. The Morgan fingerprint density at radius 2 is 1.96 bits per heavy atom. The molecule has 1 aromatic carbocycles. The minimum Gasteiger partial charge on any atom is -0.446 e. The maximum Gasteiger partial charge on any atom is 0.273 e. The Balaban J connectivity index is 2.11. The summed E-state index contributed by atoms with van der Waals surface area (Å²) in [6, 6.07) is 4.64. The van der Waals surface area contributed by atoms with Crippen molar-refractivity contribution in [2.24, 2.45) is 0 Å². The van der Waals surface area contributed by atoms with E-state index in [9.17, 15) is 9.59 Å². The third-order valence-corrected chi connectivity index (χ3v) is 4.26. The predicted molar refractivity (Wildman–Crippen MR) is 104 cm³/mol. The molecule has 0 saturated carbocycles. The quantitative estimate of drug-likeness (QED) is 0.583. The van der Waals surface area contributed by atoms with Crippen LogP contribution in [0, 0.1) is 0 Å². The van der Waals surface area contributed by atoms with E-state index < -0.39 is 0 Å². The van der Waals surface area contributed by atoms with Crippen molar-refractivity contribution in [3.05, 3.63) is 51.7 Å². The molecule has 0 spiro atoms. The van der Waals surface area contributed by atoms with Crippen molar-refractivity contribution in [1.82, 2.24) is 15.2 Å². The Hall–Kier alpha value is -2.13. The molecule has 10 heteroatoms. The number of hydrogen-bond donors (Lipinski definition) is 1. The molecule has 152 valence electrons. The monoisotopic (exact) mass is 429 g/mol. The second-order valence-electron chi connectivity index (χ2n) is 5.72. The number of oxazole rings is 1. The van der Waals surface area contributed by atoms with E-state index in [0.717, 1.165) is 0 Å². The van der Waals surface area contributed by atoms with Crippen molar-refractivity contribution in [1.29, 1.82) is 0 Å². The van der Waals surface area contributed by atoms with Gasteiger partial charge >= 0.3 is 0 Å². The highest BCUT2D eigenvalue weighted by Crippen LogP contribution is 2.23. The number of hydrogen-bond acceptors (Lipinski definition) is 6. The Bertz CT molecular complexity index is 812. The number of carbonyl (C=O) groups is 2. The first-order valence-electron chi connectivity index (χ1n) is 8.41. The van der Waals surface area contributed by atoms with E-state index in [1.54, 1.807) is 19.2 Å². The smallest absolute Gasteiger partial charge is 0.273 e. The summed E-state index contributed by atoms with van der Waals surface area (Å²) in [5, 5.41) is 3.32. The zero-order valence-corrected chi connectivity index (χ0v) is 17.0. The summed E-state index contributed by atoms with van der Waals surface area (Å²) in [5.41, 5.74) is 0.418. The molecule has 0 fully saturated rings. The van der Waals surface area contributed by atoms with Crippen LogP contribution in [0.3, 0.4) is 0 Å². The number of aromatic nitrogens is 1. The molecule has 1 aromatic heterocycles.